The summed E-state index contributed by atoms with van der Waals surface area (Å²) in [5.41, 5.74) is 3.31. The van der Waals surface area contributed by atoms with Crippen molar-refractivity contribution >= 4 is 0 Å². The number of nitrogens with zero attached hydrogens (tertiary/aromatic N) is 2. The van der Waals surface area contributed by atoms with Gasteiger partial charge in [0.15, 0.2) is 0 Å². The van der Waals surface area contributed by atoms with Crippen LogP contribution in [0.2, 0.25) is 0 Å². The van der Waals surface area contributed by atoms with E-state index in [0.717, 1.165) is 36.5 Å². The third-order valence-electron chi connectivity index (χ3n) is 3.17. The van der Waals surface area contributed by atoms with E-state index in [9.17, 15) is 0 Å². The molecule has 0 aliphatic rings. The fourth-order valence-corrected chi connectivity index (χ4v) is 2.15. The summed E-state index contributed by atoms with van der Waals surface area (Å²) < 4.78 is 7.77. The van der Waals surface area contributed by atoms with Crippen LogP contribution in [0.3, 0.4) is 0 Å². The summed E-state index contributed by atoms with van der Waals surface area (Å²) >= 11 is 0. The molecule has 0 fully saturated rings. The van der Waals surface area contributed by atoms with Crippen LogP contribution < -0.4 is 10.1 Å². The molecule has 2 rings (SSSR count). The Labute approximate surface area is 120 Å². The predicted molar refractivity (Wildman–Crippen MR) is 80.7 cm³/mol. The van der Waals surface area contributed by atoms with Gasteiger partial charge >= 0.3 is 0 Å². The van der Waals surface area contributed by atoms with Crippen LogP contribution in [-0.4, -0.2) is 16.3 Å². The number of aromatic nitrogens is 2. The van der Waals surface area contributed by atoms with E-state index in [1.165, 1.54) is 5.56 Å². The number of benzene rings is 1. The third kappa shape index (κ3) is 3.84. The van der Waals surface area contributed by atoms with E-state index in [2.05, 4.69) is 42.5 Å². The summed E-state index contributed by atoms with van der Waals surface area (Å²) in [6, 6.07) is 8.25. The zero-order valence-corrected chi connectivity index (χ0v) is 12.5. The maximum absolute atomic E-state index is 5.98. The van der Waals surface area contributed by atoms with Crippen molar-refractivity contribution in [3.63, 3.8) is 0 Å². The van der Waals surface area contributed by atoms with Gasteiger partial charge in [0.1, 0.15) is 12.4 Å². The monoisotopic (exact) mass is 273 g/mol. The van der Waals surface area contributed by atoms with Crippen LogP contribution >= 0.6 is 0 Å². The molecule has 0 atom stereocenters. The van der Waals surface area contributed by atoms with Gasteiger partial charge < -0.3 is 10.1 Å². The first-order valence-corrected chi connectivity index (χ1v) is 7.11. The van der Waals surface area contributed by atoms with E-state index in [4.69, 9.17) is 4.74 Å². The highest BCUT2D eigenvalue weighted by atomic mass is 16.5. The molecule has 0 saturated carbocycles. The molecule has 20 heavy (non-hydrogen) atoms. The molecule has 2 aromatic rings. The average molecular weight is 273 g/mol. The zero-order valence-electron chi connectivity index (χ0n) is 12.5. The number of aryl methyl sites for hydroxylation is 2. The SMILES string of the molecule is CCCNCc1cccc(C)c1OCc1ccn(C)n1. The number of hydrogen-bond donors (Lipinski definition) is 1. The lowest BCUT2D eigenvalue weighted by Gasteiger charge is -2.14. The lowest BCUT2D eigenvalue weighted by molar-refractivity contribution is 0.294. The van der Waals surface area contributed by atoms with Gasteiger partial charge in [-0.2, -0.15) is 5.10 Å². The fraction of sp³-hybridized carbons (Fsp3) is 0.438. The Balaban J connectivity index is 2.04. The third-order valence-corrected chi connectivity index (χ3v) is 3.17. The van der Waals surface area contributed by atoms with E-state index < -0.39 is 0 Å². The first-order valence-electron chi connectivity index (χ1n) is 7.11. The molecule has 108 valence electrons. The Bertz CT molecular complexity index is 548. The normalized spacial score (nSPS) is 10.8. The minimum Gasteiger partial charge on any atom is -0.487 e. The number of hydrogen-bond acceptors (Lipinski definition) is 3. The van der Waals surface area contributed by atoms with Crippen LogP contribution in [0.15, 0.2) is 30.5 Å². The van der Waals surface area contributed by atoms with Crippen LogP contribution in [0.1, 0.15) is 30.2 Å². The number of ether oxygens (including phenoxy) is 1. The van der Waals surface area contributed by atoms with Crippen molar-refractivity contribution < 1.29 is 4.74 Å². The van der Waals surface area contributed by atoms with Gasteiger partial charge in [0.2, 0.25) is 0 Å². The van der Waals surface area contributed by atoms with E-state index in [1.54, 1.807) is 4.68 Å². The second-order valence-electron chi connectivity index (χ2n) is 5.01. The summed E-state index contributed by atoms with van der Waals surface area (Å²) in [7, 11) is 1.91. The minimum absolute atomic E-state index is 0.506. The average Bonchev–Trinajstić information content (AvgIpc) is 2.84. The Hall–Kier alpha value is -1.81. The van der Waals surface area contributed by atoms with Crippen LogP contribution in [0.4, 0.5) is 0 Å². The molecule has 0 bridgehead atoms. The second-order valence-corrected chi connectivity index (χ2v) is 5.01. The largest absolute Gasteiger partial charge is 0.487 e. The molecule has 1 heterocycles. The Kier molecular flexibility index (Phi) is 5.18. The zero-order chi connectivity index (χ0) is 14.4. The maximum Gasteiger partial charge on any atom is 0.132 e. The highest BCUT2D eigenvalue weighted by Gasteiger charge is 2.08. The van der Waals surface area contributed by atoms with Gasteiger partial charge in [-0.15, -0.1) is 0 Å². The first kappa shape index (κ1) is 14.6. The highest BCUT2D eigenvalue weighted by molar-refractivity contribution is 5.40. The van der Waals surface area contributed by atoms with Gasteiger partial charge in [0, 0.05) is 25.4 Å². The molecular weight excluding hydrogens is 250 g/mol. The van der Waals surface area contributed by atoms with Crippen LogP contribution in [0.25, 0.3) is 0 Å². The standard InChI is InChI=1S/C16H23N3O/c1-4-9-17-11-14-7-5-6-13(2)16(14)20-12-15-8-10-19(3)18-15/h5-8,10,17H,4,9,11-12H2,1-3H3. The summed E-state index contributed by atoms with van der Waals surface area (Å²) in [6.07, 6.45) is 3.07. The van der Waals surface area contributed by atoms with Gasteiger partial charge in [-0.25, -0.2) is 0 Å². The summed E-state index contributed by atoms with van der Waals surface area (Å²) in [5, 5.41) is 7.76. The molecule has 0 amide bonds. The van der Waals surface area contributed by atoms with Crippen molar-refractivity contribution in [2.75, 3.05) is 6.54 Å². The minimum atomic E-state index is 0.506. The van der Waals surface area contributed by atoms with Crippen molar-refractivity contribution in [2.24, 2.45) is 7.05 Å². The molecule has 0 aliphatic heterocycles. The smallest absolute Gasteiger partial charge is 0.132 e. The fourth-order valence-electron chi connectivity index (χ4n) is 2.15. The lowest BCUT2D eigenvalue weighted by Crippen LogP contribution is -2.15. The molecule has 0 aliphatic carbocycles. The lowest BCUT2D eigenvalue weighted by atomic mass is 10.1. The number of nitrogens with one attached hydrogen (secondary N) is 1. The Morgan fingerprint density at radius 1 is 1.30 bits per heavy atom. The highest BCUT2D eigenvalue weighted by Crippen LogP contribution is 2.24. The van der Waals surface area contributed by atoms with Gasteiger partial charge in [0.25, 0.3) is 0 Å². The van der Waals surface area contributed by atoms with Crippen molar-refractivity contribution in [1.82, 2.24) is 15.1 Å². The topological polar surface area (TPSA) is 39.1 Å². The molecule has 4 nitrogen and oxygen atoms in total. The van der Waals surface area contributed by atoms with E-state index in [0.29, 0.717) is 6.61 Å². The summed E-state index contributed by atoms with van der Waals surface area (Å²) in [5.74, 6) is 0.974. The molecule has 0 spiro atoms. The van der Waals surface area contributed by atoms with Crippen molar-refractivity contribution in [3.05, 3.63) is 47.3 Å². The quantitative estimate of drug-likeness (QED) is 0.788. The molecule has 0 saturated heterocycles. The maximum atomic E-state index is 5.98. The van der Waals surface area contributed by atoms with Gasteiger partial charge in [-0.3, -0.25) is 4.68 Å². The molecule has 1 aromatic heterocycles. The van der Waals surface area contributed by atoms with Gasteiger partial charge in [-0.1, -0.05) is 25.1 Å². The predicted octanol–water partition coefficient (Wildman–Crippen LogP) is 2.81. The van der Waals surface area contributed by atoms with E-state index >= 15 is 0 Å². The number of para-hydroxylation sites is 1. The van der Waals surface area contributed by atoms with Crippen LogP contribution in [0, 0.1) is 6.92 Å². The Morgan fingerprint density at radius 3 is 2.85 bits per heavy atom. The van der Waals surface area contributed by atoms with Crippen LogP contribution in [0.5, 0.6) is 5.75 Å². The molecule has 0 radical (unpaired) electrons. The van der Waals surface area contributed by atoms with Crippen molar-refractivity contribution in [2.45, 2.75) is 33.4 Å². The molecule has 1 aromatic carbocycles. The summed E-state index contributed by atoms with van der Waals surface area (Å²) in [6.45, 7) is 6.62. The first-order chi connectivity index (χ1) is 9.70. The van der Waals surface area contributed by atoms with Crippen LogP contribution in [-0.2, 0) is 20.2 Å². The molecule has 4 heteroatoms. The second kappa shape index (κ2) is 7.10. The van der Waals surface area contributed by atoms with E-state index in [-0.39, 0.29) is 0 Å². The van der Waals surface area contributed by atoms with Gasteiger partial charge in [0.05, 0.1) is 5.69 Å². The van der Waals surface area contributed by atoms with Gasteiger partial charge in [-0.05, 0) is 31.5 Å². The number of rotatable bonds is 7. The van der Waals surface area contributed by atoms with Crippen molar-refractivity contribution in [3.8, 4) is 5.75 Å². The molecular formula is C16H23N3O. The molecule has 1 N–H and O–H groups in total. The van der Waals surface area contributed by atoms with Crippen molar-refractivity contribution in [1.29, 1.82) is 0 Å². The molecule has 0 unspecified atom stereocenters. The Morgan fingerprint density at radius 2 is 2.15 bits per heavy atom. The summed E-state index contributed by atoms with van der Waals surface area (Å²) in [4.78, 5) is 0. The van der Waals surface area contributed by atoms with E-state index in [1.807, 2.05) is 19.3 Å².